The number of rotatable bonds is 2. The van der Waals surface area contributed by atoms with E-state index in [1.165, 1.54) is 0 Å². The van der Waals surface area contributed by atoms with Crippen LogP contribution in [0.1, 0.15) is 32.6 Å². The van der Waals surface area contributed by atoms with E-state index in [1.54, 1.807) is 17.2 Å². The number of hydrogen-bond acceptors (Lipinski definition) is 5. The van der Waals surface area contributed by atoms with Gasteiger partial charge in [-0.1, -0.05) is 17.7 Å². The molecule has 4 heterocycles. The van der Waals surface area contributed by atoms with E-state index >= 15 is 0 Å². The Morgan fingerprint density at radius 1 is 1.28 bits per heavy atom. The molecular weight excluding hydrogens is 392 g/mol. The summed E-state index contributed by atoms with van der Waals surface area (Å²) in [5.41, 5.74) is 2.61. The molecule has 1 saturated heterocycles. The van der Waals surface area contributed by atoms with Crippen LogP contribution in [-0.4, -0.2) is 50.7 Å². The lowest BCUT2D eigenvalue weighted by Crippen LogP contribution is -2.44. The number of ether oxygens (including phenoxy) is 2. The Kier molecular flexibility index (Phi) is 5.19. The Morgan fingerprint density at radius 3 is 2.90 bits per heavy atom. The number of pyridine rings is 2. The Labute approximate surface area is 174 Å². The fourth-order valence-corrected chi connectivity index (χ4v) is 3.40. The predicted molar refractivity (Wildman–Crippen MR) is 110 cm³/mol. The van der Waals surface area contributed by atoms with Crippen LogP contribution in [-0.2, 0) is 9.47 Å². The van der Waals surface area contributed by atoms with Gasteiger partial charge in [-0.15, -0.1) is 0 Å². The molecule has 7 nitrogen and oxygen atoms in total. The van der Waals surface area contributed by atoms with Crippen molar-refractivity contribution in [3.05, 3.63) is 53.4 Å². The average molecular weight is 415 g/mol. The highest BCUT2D eigenvalue weighted by molar-refractivity contribution is 6.30. The van der Waals surface area contributed by atoms with Crippen molar-refractivity contribution in [3.8, 4) is 11.4 Å². The monoisotopic (exact) mass is 414 g/mol. The summed E-state index contributed by atoms with van der Waals surface area (Å²) >= 11 is 6.14. The van der Waals surface area contributed by atoms with E-state index in [4.69, 9.17) is 26.1 Å². The van der Waals surface area contributed by atoms with Crippen molar-refractivity contribution >= 4 is 23.3 Å². The summed E-state index contributed by atoms with van der Waals surface area (Å²) in [6.45, 7) is 6.89. The molecule has 1 aliphatic rings. The fourth-order valence-electron chi connectivity index (χ4n) is 3.24. The molecule has 3 aromatic rings. The molecule has 0 N–H and O–H groups in total. The van der Waals surface area contributed by atoms with Crippen LogP contribution >= 0.6 is 11.6 Å². The highest BCUT2D eigenvalue weighted by Gasteiger charge is 2.29. The third-order valence-corrected chi connectivity index (χ3v) is 4.77. The van der Waals surface area contributed by atoms with Crippen LogP contribution in [0.5, 0.6) is 0 Å². The van der Waals surface area contributed by atoms with Gasteiger partial charge in [-0.25, -0.2) is 14.8 Å². The quantitative estimate of drug-likeness (QED) is 0.623. The number of halogens is 1. The Balaban J connectivity index is 1.58. The molecule has 0 aromatic carbocycles. The summed E-state index contributed by atoms with van der Waals surface area (Å²) in [5.74, 6) is 0. The van der Waals surface area contributed by atoms with E-state index in [9.17, 15) is 4.79 Å². The smallest absolute Gasteiger partial charge is 0.410 e. The molecule has 0 spiro atoms. The first-order valence-electron chi connectivity index (χ1n) is 9.50. The number of morpholine rings is 1. The Morgan fingerprint density at radius 2 is 2.10 bits per heavy atom. The zero-order valence-electron chi connectivity index (χ0n) is 16.6. The number of hydrogen-bond donors (Lipinski definition) is 0. The maximum atomic E-state index is 12.4. The molecule has 8 heteroatoms. The minimum absolute atomic E-state index is 0.320. The number of carbonyl (C=O) groups excluding carboxylic acids is 1. The van der Waals surface area contributed by atoms with E-state index in [-0.39, 0.29) is 12.2 Å². The summed E-state index contributed by atoms with van der Waals surface area (Å²) in [6, 6.07) is 9.42. The normalized spacial score (nSPS) is 17.5. The number of nitrogens with zero attached hydrogens (tertiary/aromatic N) is 4. The van der Waals surface area contributed by atoms with E-state index in [1.807, 2.05) is 55.6 Å². The molecule has 1 amide bonds. The average Bonchev–Trinajstić information content (AvgIpc) is 3.10. The molecule has 152 valence electrons. The van der Waals surface area contributed by atoms with Crippen LogP contribution in [0.4, 0.5) is 4.79 Å². The topological polar surface area (TPSA) is 69.0 Å². The summed E-state index contributed by atoms with van der Waals surface area (Å²) in [6.07, 6.45) is 2.93. The molecule has 1 unspecified atom stereocenters. The van der Waals surface area contributed by atoms with Crippen LogP contribution in [0.3, 0.4) is 0 Å². The van der Waals surface area contributed by atoms with Gasteiger partial charge in [-0.2, -0.15) is 0 Å². The molecule has 29 heavy (non-hydrogen) atoms. The van der Waals surface area contributed by atoms with Gasteiger partial charge in [0, 0.05) is 12.7 Å². The molecule has 3 aromatic heterocycles. The lowest BCUT2D eigenvalue weighted by atomic mass is 10.1. The van der Waals surface area contributed by atoms with Gasteiger partial charge >= 0.3 is 6.09 Å². The lowest BCUT2D eigenvalue weighted by molar-refractivity contribution is -0.0446. The number of amides is 1. The molecule has 4 rings (SSSR count). The maximum Gasteiger partial charge on any atom is 0.410 e. The van der Waals surface area contributed by atoms with Crippen LogP contribution in [0.25, 0.3) is 17.0 Å². The van der Waals surface area contributed by atoms with E-state index in [0.717, 1.165) is 22.7 Å². The first kappa shape index (κ1) is 19.7. The van der Waals surface area contributed by atoms with Crippen LogP contribution < -0.4 is 0 Å². The number of carbonyl (C=O) groups is 1. The summed E-state index contributed by atoms with van der Waals surface area (Å²) < 4.78 is 13.3. The maximum absolute atomic E-state index is 12.4. The lowest BCUT2D eigenvalue weighted by Gasteiger charge is -2.34. The van der Waals surface area contributed by atoms with Crippen molar-refractivity contribution in [1.29, 1.82) is 0 Å². The van der Waals surface area contributed by atoms with Gasteiger partial charge in [-0.05, 0) is 45.0 Å². The predicted octanol–water partition coefficient (Wildman–Crippen LogP) is 4.36. The van der Waals surface area contributed by atoms with Crippen molar-refractivity contribution in [2.75, 3.05) is 19.7 Å². The van der Waals surface area contributed by atoms with Gasteiger partial charge in [0.15, 0.2) is 0 Å². The van der Waals surface area contributed by atoms with Gasteiger partial charge < -0.3 is 14.4 Å². The van der Waals surface area contributed by atoms with Crippen molar-refractivity contribution in [2.45, 2.75) is 32.5 Å². The van der Waals surface area contributed by atoms with E-state index in [2.05, 4.69) is 4.98 Å². The molecule has 1 fully saturated rings. The zero-order valence-corrected chi connectivity index (χ0v) is 17.4. The van der Waals surface area contributed by atoms with Gasteiger partial charge in [0.05, 0.1) is 41.5 Å². The summed E-state index contributed by atoms with van der Waals surface area (Å²) in [5, 5.41) is 0.622. The minimum Gasteiger partial charge on any atom is -0.444 e. The molecule has 1 atom stereocenters. The number of aromatic nitrogens is 3. The van der Waals surface area contributed by atoms with Gasteiger partial charge in [0.1, 0.15) is 17.4 Å². The standard InChI is InChI=1S/C21H23ClN4O3/c1-21(2,3)29-20(27)25-9-10-28-18(13-25)16-6-4-5-15(24-16)17-11-23-19-8-7-14(22)12-26(17)19/h4-8,11-12,18H,9-10,13H2,1-3H3. The van der Waals surface area contributed by atoms with Crippen LogP contribution in [0.2, 0.25) is 5.02 Å². The van der Waals surface area contributed by atoms with Gasteiger partial charge in [0.25, 0.3) is 0 Å². The minimum atomic E-state index is -0.534. The van der Waals surface area contributed by atoms with E-state index < -0.39 is 5.60 Å². The molecule has 1 aliphatic heterocycles. The van der Waals surface area contributed by atoms with E-state index in [0.29, 0.717) is 24.7 Å². The summed E-state index contributed by atoms with van der Waals surface area (Å²) in [7, 11) is 0. The Bertz CT molecular complexity index is 1040. The van der Waals surface area contributed by atoms with Crippen LogP contribution in [0.15, 0.2) is 42.7 Å². The summed E-state index contributed by atoms with van der Waals surface area (Å²) in [4.78, 5) is 23.3. The molecule has 0 bridgehead atoms. The molecule has 0 aliphatic carbocycles. The van der Waals surface area contributed by atoms with Crippen molar-refractivity contribution in [2.24, 2.45) is 0 Å². The second-order valence-corrected chi connectivity index (χ2v) is 8.39. The second kappa shape index (κ2) is 7.65. The highest BCUT2D eigenvalue weighted by Crippen LogP contribution is 2.26. The SMILES string of the molecule is CC(C)(C)OC(=O)N1CCOC(c2cccc(-c3cnc4ccc(Cl)cn34)n2)C1. The van der Waals surface area contributed by atoms with Gasteiger partial charge in [0.2, 0.25) is 0 Å². The number of imidazole rings is 1. The number of fused-ring (bicyclic) bond motifs is 1. The molecular formula is C21H23ClN4O3. The third-order valence-electron chi connectivity index (χ3n) is 4.55. The first-order chi connectivity index (χ1) is 13.8. The zero-order chi connectivity index (χ0) is 20.6. The van der Waals surface area contributed by atoms with Crippen molar-refractivity contribution in [1.82, 2.24) is 19.3 Å². The van der Waals surface area contributed by atoms with Crippen LogP contribution in [0, 0.1) is 0 Å². The first-order valence-corrected chi connectivity index (χ1v) is 9.87. The highest BCUT2D eigenvalue weighted by atomic mass is 35.5. The van der Waals surface area contributed by atoms with Crippen molar-refractivity contribution in [3.63, 3.8) is 0 Å². The molecule has 0 radical (unpaired) electrons. The van der Waals surface area contributed by atoms with Crippen molar-refractivity contribution < 1.29 is 14.3 Å². The second-order valence-electron chi connectivity index (χ2n) is 7.95. The largest absolute Gasteiger partial charge is 0.444 e. The fraction of sp³-hybridized carbons (Fsp3) is 0.381. The Hall–Kier alpha value is -2.64. The third kappa shape index (κ3) is 4.36. The molecule has 0 saturated carbocycles. The van der Waals surface area contributed by atoms with Gasteiger partial charge in [-0.3, -0.25) is 4.40 Å².